The highest BCUT2D eigenvalue weighted by molar-refractivity contribution is 6.04. The summed E-state index contributed by atoms with van der Waals surface area (Å²) >= 11 is 0. The van der Waals surface area contributed by atoms with Crippen LogP contribution in [0.1, 0.15) is 44.2 Å². The molecule has 2 rings (SSSR count). The van der Waals surface area contributed by atoms with Gasteiger partial charge >= 0.3 is 0 Å². The van der Waals surface area contributed by atoms with Crippen LogP contribution in [-0.2, 0) is 15.0 Å². The molecule has 0 unspecified atom stereocenters. The predicted octanol–water partition coefficient (Wildman–Crippen LogP) is 3.21. The van der Waals surface area contributed by atoms with Gasteiger partial charge in [-0.2, -0.15) is 0 Å². The zero-order chi connectivity index (χ0) is 13.4. The van der Waals surface area contributed by atoms with Gasteiger partial charge in [0.15, 0.2) is 5.78 Å². The zero-order valence-corrected chi connectivity index (χ0v) is 11.3. The van der Waals surface area contributed by atoms with Gasteiger partial charge < -0.3 is 4.79 Å². The molecule has 0 spiro atoms. The number of rotatable bonds is 2. The van der Waals surface area contributed by atoms with E-state index in [0.29, 0.717) is 6.42 Å². The van der Waals surface area contributed by atoms with Crippen LogP contribution in [0.25, 0.3) is 0 Å². The maximum absolute atomic E-state index is 12.7. The average Bonchev–Trinajstić information content (AvgIpc) is 2.37. The Morgan fingerprint density at radius 3 is 2.28 bits per heavy atom. The quantitative estimate of drug-likeness (QED) is 0.591. The summed E-state index contributed by atoms with van der Waals surface area (Å²) in [6, 6.07) is 8.09. The fraction of sp³-hybridized carbons (Fsp3) is 0.500. The van der Waals surface area contributed by atoms with E-state index in [2.05, 4.69) is 0 Å². The van der Waals surface area contributed by atoms with Crippen molar-refractivity contribution in [2.45, 2.75) is 45.4 Å². The van der Waals surface area contributed by atoms with Gasteiger partial charge in [-0.3, -0.25) is 4.79 Å². The van der Waals surface area contributed by atoms with Crippen molar-refractivity contribution in [1.82, 2.24) is 0 Å². The molecule has 1 aliphatic carbocycles. The summed E-state index contributed by atoms with van der Waals surface area (Å²) in [6.45, 7) is 5.78. The molecule has 2 heteroatoms. The van der Waals surface area contributed by atoms with Gasteiger partial charge in [-0.25, -0.2) is 0 Å². The molecular weight excluding hydrogens is 224 g/mol. The zero-order valence-electron chi connectivity index (χ0n) is 11.3. The first-order valence-corrected chi connectivity index (χ1v) is 6.51. The van der Waals surface area contributed by atoms with Crippen LogP contribution in [-0.4, -0.2) is 12.1 Å². The largest absolute Gasteiger partial charge is 0.302 e. The number of hydrogen-bond donors (Lipinski definition) is 0. The molecule has 1 fully saturated rings. The van der Waals surface area contributed by atoms with E-state index >= 15 is 0 Å². The van der Waals surface area contributed by atoms with Gasteiger partial charge in [0.05, 0.1) is 10.8 Å². The number of hydrogen-bond acceptors (Lipinski definition) is 2. The Morgan fingerprint density at radius 1 is 1.11 bits per heavy atom. The van der Waals surface area contributed by atoms with Crippen LogP contribution in [0.4, 0.5) is 0 Å². The van der Waals surface area contributed by atoms with E-state index in [-0.39, 0.29) is 5.78 Å². The van der Waals surface area contributed by atoms with Gasteiger partial charge in [0.1, 0.15) is 6.29 Å². The number of carbonyl (C=O) groups excluding carboxylic acids is 2. The third-order valence-corrected chi connectivity index (χ3v) is 4.34. The second-order valence-electron chi connectivity index (χ2n) is 5.92. The molecule has 18 heavy (non-hydrogen) atoms. The summed E-state index contributed by atoms with van der Waals surface area (Å²) in [4.78, 5) is 23.9. The van der Waals surface area contributed by atoms with Crippen LogP contribution in [0.2, 0.25) is 0 Å². The van der Waals surface area contributed by atoms with Crippen molar-refractivity contribution in [3.8, 4) is 0 Å². The summed E-state index contributed by atoms with van der Waals surface area (Å²) < 4.78 is 0. The predicted molar refractivity (Wildman–Crippen MR) is 71.6 cm³/mol. The van der Waals surface area contributed by atoms with Crippen molar-refractivity contribution in [2.75, 3.05) is 0 Å². The van der Waals surface area contributed by atoms with Gasteiger partial charge in [0.2, 0.25) is 0 Å². The first-order chi connectivity index (χ1) is 8.42. The Hall–Kier alpha value is -1.44. The van der Waals surface area contributed by atoms with Gasteiger partial charge in [0, 0.05) is 0 Å². The van der Waals surface area contributed by atoms with Crippen LogP contribution in [0.3, 0.4) is 0 Å². The summed E-state index contributed by atoms with van der Waals surface area (Å²) in [7, 11) is 0. The SMILES string of the molecule is Cc1ccc([C@]2(C)CCC[C@](C)(C=O)C2=O)cc1. The highest BCUT2D eigenvalue weighted by Crippen LogP contribution is 2.43. The van der Waals surface area contributed by atoms with E-state index < -0.39 is 10.8 Å². The Morgan fingerprint density at radius 2 is 1.72 bits per heavy atom. The molecule has 2 atom stereocenters. The smallest absolute Gasteiger partial charge is 0.156 e. The maximum Gasteiger partial charge on any atom is 0.156 e. The lowest BCUT2D eigenvalue weighted by Crippen LogP contribution is -2.47. The lowest BCUT2D eigenvalue weighted by molar-refractivity contribution is -0.141. The van der Waals surface area contributed by atoms with E-state index in [4.69, 9.17) is 0 Å². The van der Waals surface area contributed by atoms with Crippen LogP contribution < -0.4 is 0 Å². The molecule has 0 radical (unpaired) electrons. The van der Waals surface area contributed by atoms with Crippen LogP contribution in [0, 0.1) is 12.3 Å². The molecule has 0 saturated heterocycles. The van der Waals surface area contributed by atoms with E-state index in [0.717, 1.165) is 24.7 Å². The fourth-order valence-electron chi connectivity index (χ4n) is 2.98. The van der Waals surface area contributed by atoms with E-state index in [1.54, 1.807) is 6.92 Å². The third-order valence-electron chi connectivity index (χ3n) is 4.34. The van der Waals surface area contributed by atoms with Crippen molar-refractivity contribution in [3.05, 3.63) is 35.4 Å². The van der Waals surface area contributed by atoms with Crippen LogP contribution >= 0.6 is 0 Å². The molecule has 1 aromatic rings. The number of carbonyl (C=O) groups is 2. The first-order valence-electron chi connectivity index (χ1n) is 6.51. The first kappa shape index (κ1) is 13.0. The molecule has 2 nitrogen and oxygen atoms in total. The molecule has 1 saturated carbocycles. The summed E-state index contributed by atoms with van der Waals surface area (Å²) in [6.07, 6.45) is 3.27. The molecule has 1 aromatic carbocycles. The standard InChI is InChI=1S/C16H20O2/c1-12-5-7-13(8-6-12)16(3)10-4-9-15(2,11-17)14(16)18/h5-8,11H,4,9-10H2,1-3H3/t15-,16+/m1/s1. The van der Waals surface area contributed by atoms with Crippen molar-refractivity contribution >= 4 is 12.1 Å². The molecule has 0 aliphatic heterocycles. The number of ketones is 1. The minimum atomic E-state index is -0.808. The molecule has 0 aromatic heterocycles. The summed E-state index contributed by atoms with van der Waals surface area (Å²) in [5.74, 6) is 0.0695. The lowest BCUT2D eigenvalue weighted by atomic mass is 9.60. The highest BCUT2D eigenvalue weighted by Gasteiger charge is 2.48. The minimum Gasteiger partial charge on any atom is -0.302 e. The highest BCUT2D eigenvalue weighted by atomic mass is 16.1. The number of aldehydes is 1. The number of aryl methyl sites for hydroxylation is 1. The molecule has 96 valence electrons. The topological polar surface area (TPSA) is 34.1 Å². The van der Waals surface area contributed by atoms with Crippen molar-refractivity contribution in [3.63, 3.8) is 0 Å². The van der Waals surface area contributed by atoms with E-state index in [9.17, 15) is 9.59 Å². The second-order valence-corrected chi connectivity index (χ2v) is 5.92. The van der Waals surface area contributed by atoms with E-state index in [1.807, 2.05) is 38.1 Å². The van der Waals surface area contributed by atoms with Gasteiger partial charge in [0.25, 0.3) is 0 Å². The molecule has 0 N–H and O–H groups in total. The molecule has 0 heterocycles. The third kappa shape index (κ3) is 1.90. The monoisotopic (exact) mass is 244 g/mol. The van der Waals surface area contributed by atoms with E-state index in [1.165, 1.54) is 5.56 Å². The van der Waals surface area contributed by atoms with Crippen LogP contribution in [0.5, 0.6) is 0 Å². The summed E-state index contributed by atoms with van der Waals surface area (Å²) in [5.41, 5.74) is 0.897. The number of Topliss-reactive ketones (excluding diaryl/α,β-unsaturated/α-hetero) is 1. The molecule has 0 amide bonds. The van der Waals surface area contributed by atoms with Crippen molar-refractivity contribution in [1.29, 1.82) is 0 Å². The van der Waals surface area contributed by atoms with Gasteiger partial charge in [-0.15, -0.1) is 0 Å². The van der Waals surface area contributed by atoms with Gasteiger partial charge in [-0.05, 0) is 39.2 Å². The molecule has 1 aliphatic rings. The normalized spacial score (nSPS) is 32.3. The Labute approximate surface area is 108 Å². The second kappa shape index (κ2) is 4.34. The average molecular weight is 244 g/mol. The Bertz CT molecular complexity index is 474. The Kier molecular flexibility index (Phi) is 3.14. The lowest BCUT2D eigenvalue weighted by Gasteiger charge is -2.40. The van der Waals surface area contributed by atoms with Crippen molar-refractivity contribution in [2.24, 2.45) is 5.41 Å². The fourth-order valence-corrected chi connectivity index (χ4v) is 2.98. The molecular formula is C16H20O2. The van der Waals surface area contributed by atoms with Gasteiger partial charge in [-0.1, -0.05) is 36.2 Å². The number of benzene rings is 1. The summed E-state index contributed by atoms with van der Waals surface area (Å²) in [5, 5.41) is 0. The van der Waals surface area contributed by atoms with Crippen molar-refractivity contribution < 1.29 is 9.59 Å². The van der Waals surface area contributed by atoms with Crippen LogP contribution in [0.15, 0.2) is 24.3 Å². The Balaban J connectivity index is 2.44. The molecule has 0 bridgehead atoms. The maximum atomic E-state index is 12.7. The minimum absolute atomic E-state index is 0.0695.